The lowest BCUT2D eigenvalue weighted by atomic mass is 9.79. The lowest BCUT2D eigenvalue weighted by Crippen LogP contribution is -2.42. The summed E-state index contributed by atoms with van der Waals surface area (Å²) < 4.78 is 32.7. The molecule has 0 spiro atoms. The smallest absolute Gasteiger partial charge is 0.303 e. The zero-order valence-electron chi connectivity index (χ0n) is 20.9. The Labute approximate surface area is 220 Å². The van der Waals surface area contributed by atoms with Gasteiger partial charge in [0.25, 0.3) is 0 Å². The van der Waals surface area contributed by atoms with Crippen molar-refractivity contribution in [1.29, 1.82) is 0 Å². The third kappa shape index (κ3) is 7.18. The molecule has 3 atom stereocenters. The largest absolute Gasteiger partial charge is 0.497 e. The van der Waals surface area contributed by atoms with E-state index in [-0.39, 0.29) is 24.3 Å². The molecule has 9 heteroatoms. The number of hydrogen-bond donors (Lipinski definition) is 2. The number of carboxylic acids is 1. The number of fused-ring (bicyclic) bond motifs is 1. The highest BCUT2D eigenvalue weighted by atomic mass is 32.2. The average molecular weight is 530 g/mol. The van der Waals surface area contributed by atoms with E-state index in [0.717, 1.165) is 60.2 Å². The van der Waals surface area contributed by atoms with Gasteiger partial charge in [0.1, 0.15) is 17.4 Å². The second kappa shape index (κ2) is 12.7. The summed E-state index contributed by atoms with van der Waals surface area (Å²) >= 11 is 1.28. The van der Waals surface area contributed by atoms with Gasteiger partial charge < -0.3 is 20.5 Å². The van der Waals surface area contributed by atoms with E-state index in [4.69, 9.17) is 10.5 Å². The van der Waals surface area contributed by atoms with Crippen LogP contribution in [-0.4, -0.2) is 53.5 Å². The fraction of sp³-hybridized carbons (Fsp3) is 0.429. The fourth-order valence-corrected chi connectivity index (χ4v) is 6.18. The van der Waals surface area contributed by atoms with Crippen molar-refractivity contribution in [1.82, 2.24) is 9.88 Å². The van der Waals surface area contributed by atoms with Crippen LogP contribution in [0.4, 0.5) is 8.78 Å². The van der Waals surface area contributed by atoms with Crippen LogP contribution >= 0.6 is 11.8 Å². The maximum absolute atomic E-state index is 13.9. The summed E-state index contributed by atoms with van der Waals surface area (Å²) in [5.41, 5.74) is 8.51. The molecular formula is C28H33F2N3O3S. The molecule has 198 valence electrons. The summed E-state index contributed by atoms with van der Waals surface area (Å²) in [6.45, 7) is 2.21. The molecule has 1 unspecified atom stereocenters. The molecule has 6 nitrogen and oxygen atoms in total. The first kappa shape index (κ1) is 27.3. The number of methoxy groups -OCH3 is 1. The van der Waals surface area contributed by atoms with Gasteiger partial charge in [-0.1, -0.05) is 0 Å². The van der Waals surface area contributed by atoms with Crippen LogP contribution in [0.5, 0.6) is 5.75 Å². The molecule has 1 aliphatic rings. The minimum Gasteiger partial charge on any atom is -0.497 e. The number of benzene rings is 2. The Morgan fingerprint density at radius 1 is 1.24 bits per heavy atom. The maximum atomic E-state index is 13.9. The molecule has 4 rings (SSSR count). The zero-order chi connectivity index (χ0) is 26.4. The summed E-state index contributed by atoms with van der Waals surface area (Å²) in [7, 11) is 1.63. The van der Waals surface area contributed by atoms with E-state index in [0.29, 0.717) is 23.7 Å². The molecule has 1 saturated heterocycles. The molecule has 0 radical (unpaired) electrons. The van der Waals surface area contributed by atoms with Gasteiger partial charge in [-0.05, 0) is 85.7 Å². The fourth-order valence-electron chi connectivity index (χ4n) is 5.21. The molecule has 1 aromatic heterocycles. The molecular weight excluding hydrogens is 496 g/mol. The molecule has 1 aliphatic heterocycles. The van der Waals surface area contributed by atoms with Crippen molar-refractivity contribution in [2.45, 2.75) is 36.6 Å². The topological polar surface area (TPSA) is 88.7 Å². The minimum absolute atomic E-state index is 0.0173. The number of carboxylic acid groups (broad SMARTS) is 1. The second-order valence-corrected chi connectivity index (χ2v) is 10.7. The number of ether oxygens (including phenoxy) is 1. The Balaban J connectivity index is 1.35. The van der Waals surface area contributed by atoms with E-state index in [1.54, 1.807) is 13.3 Å². The van der Waals surface area contributed by atoms with Crippen LogP contribution in [0.25, 0.3) is 10.9 Å². The van der Waals surface area contributed by atoms with Gasteiger partial charge in [-0.25, -0.2) is 8.78 Å². The van der Waals surface area contributed by atoms with Gasteiger partial charge in [0.15, 0.2) is 0 Å². The number of nitrogens with zero attached hydrogens (tertiary/aromatic N) is 2. The highest BCUT2D eigenvalue weighted by Gasteiger charge is 2.31. The van der Waals surface area contributed by atoms with Crippen molar-refractivity contribution in [2.75, 3.05) is 32.5 Å². The summed E-state index contributed by atoms with van der Waals surface area (Å²) in [4.78, 5) is 18.6. The van der Waals surface area contributed by atoms with Gasteiger partial charge in [-0.2, -0.15) is 0 Å². The number of thioether (sulfide) groups is 1. The molecule has 37 heavy (non-hydrogen) atoms. The van der Waals surface area contributed by atoms with Gasteiger partial charge in [0, 0.05) is 47.8 Å². The molecule has 1 fully saturated rings. The predicted octanol–water partition coefficient (Wildman–Crippen LogP) is 5.51. The van der Waals surface area contributed by atoms with Gasteiger partial charge in [-0.3, -0.25) is 9.78 Å². The van der Waals surface area contributed by atoms with Gasteiger partial charge in [-0.15, -0.1) is 11.8 Å². The molecule has 0 aliphatic carbocycles. The first-order chi connectivity index (χ1) is 17.8. The number of carbonyl (C=O) groups is 1. The number of aliphatic carboxylic acids is 1. The van der Waals surface area contributed by atoms with Gasteiger partial charge >= 0.3 is 5.97 Å². The molecule has 3 N–H and O–H groups in total. The van der Waals surface area contributed by atoms with Gasteiger partial charge in [0.2, 0.25) is 0 Å². The first-order valence-corrected chi connectivity index (χ1v) is 13.5. The third-order valence-corrected chi connectivity index (χ3v) is 8.21. The van der Waals surface area contributed by atoms with Crippen LogP contribution in [-0.2, 0) is 4.79 Å². The molecule has 2 aromatic carbocycles. The van der Waals surface area contributed by atoms with E-state index < -0.39 is 17.6 Å². The van der Waals surface area contributed by atoms with Crippen LogP contribution < -0.4 is 10.5 Å². The predicted molar refractivity (Wildman–Crippen MR) is 142 cm³/mol. The Hall–Kier alpha value is -2.75. The Kier molecular flexibility index (Phi) is 9.34. The lowest BCUT2D eigenvalue weighted by molar-refractivity contribution is -0.139. The Bertz CT molecular complexity index is 1230. The normalized spacial score (nSPS) is 19.1. The monoisotopic (exact) mass is 529 g/mol. The van der Waals surface area contributed by atoms with Gasteiger partial charge in [0.05, 0.1) is 12.6 Å². The molecule has 0 saturated carbocycles. The average Bonchev–Trinajstić information content (AvgIpc) is 2.89. The first-order valence-electron chi connectivity index (χ1n) is 12.5. The van der Waals surface area contributed by atoms with E-state index in [9.17, 15) is 18.7 Å². The molecule has 0 bridgehead atoms. The standard InChI is InChI=1S/C28H33F2N3O3S/c1-36-21-4-7-26-23(16-21)22(8-10-32-26)25(31)6-2-18-9-11-33(17-19(18)14-28(34)35)12-13-37-27-15-20(29)3-5-24(27)30/h3-5,7-8,10,15-16,18-19,25H,2,6,9,11-14,17,31H2,1H3,(H,34,35)/t18-,19+,25?/m1/s1. The van der Waals surface area contributed by atoms with Crippen molar-refractivity contribution >= 4 is 28.6 Å². The Morgan fingerprint density at radius 2 is 2.08 bits per heavy atom. The number of halogens is 2. The molecule has 3 aromatic rings. The van der Waals surface area contributed by atoms with Crippen molar-refractivity contribution in [3.05, 3.63) is 65.9 Å². The van der Waals surface area contributed by atoms with E-state index >= 15 is 0 Å². The van der Waals surface area contributed by atoms with Crippen LogP contribution in [0.3, 0.4) is 0 Å². The van der Waals surface area contributed by atoms with Crippen LogP contribution in [0, 0.1) is 23.5 Å². The van der Waals surface area contributed by atoms with Crippen LogP contribution in [0.1, 0.15) is 37.3 Å². The number of piperidine rings is 1. The number of likely N-dealkylation sites (tertiary alicyclic amines) is 1. The van der Waals surface area contributed by atoms with Crippen LogP contribution in [0.15, 0.2) is 53.6 Å². The van der Waals surface area contributed by atoms with Crippen LogP contribution in [0.2, 0.25) is 0 Å². The maximum Gasteiger partial charge on any atom is 0.303 e. The summed E-state index contributed by atoms with van der Waals surface area (Å²) in [6, 6.07) is 11.0. The van der Waals surface area contributed by atoms with E-state index in [1.165, 1.54) is 17.8 Å². The number of pyridine rings is 1. The number of nitrogens with two attached hydrogens (primary N) is 1. The highest BCUT2D eigenvalue weighted by molar-refractivity contribution is 7.99. The second-order valence-electron chi connectivity index (χ2n) is 9.60. The van der Waals surface area contributed by atoms with Crippen molar-refractivity contribution in [3.8, 4) is 5.75 Å². The molecule has 0 amide bonds. The van der Waals surface area contributed by atoms with Crippen molar-refractivity contribution in [3.63, 3.8) is 0 Å². The van der Waals surface area contributed by atoms with Crippen molar-refractivity contribution < 1.29 is 23.4 Å². The minimum atomic E-state index is -0.801. The zero-order valence-corrected chi connectivity index (χ0v) is 21.7. The summed E-state index contributed by atoms with van der Waals surface area (Å²) in [6.07, 6.45) is 4.34. The number of rotatable bonds is 11. The van der Waals surface area contributed by atoms with E-state index in [1.807, 2.05) is 24.3 Å². The number of aromatic nitrogens is 1. The third-order valence-electron chi connectivity index (χ3n) is 7.20. The summed E-state index contributed by atoms with van der Waals surface area (Å²) in [5.74, 6) is -0.0495. The summed E-state index contributed by atoms with van der Waals surface area (Å²) in [5, 5.41) is 10.5. The highest BCUT2D eigenvalue weighted by Crippen LogP contribution is 2.34. The number of hydrogen-bond acceptors (Lipinski definition) is 6. The van der Waals surface area contributed by atoms with E-state index in [2.05, 4.69) is 9.88 Å². The Morgan fingerprint density at radius 3 is 2.86 bits per heavy atom. The SMILES string of the molecule is COc1ccc2nccc(C(N)CC[C@@H]3CCN(CCSc4cc(F)ccc4F)C[C@@H]3CC(=O)O)c2c1. The lowest BCUT2D eigenvalue weighted by Gasteiger charge is -2.38. The van der Waals surface area contributed by atoms with Crippen molar-refractivity contribution in [2.24, 2.45) is 17.6 Å². The molecule has 2 heterocycles. The quantitative estimate of drug-likeness (QED) is 0.317.